The van der Waals surface area contributed by atoms with Crippen LogP contribution in [0.2, 0.25) is 5.02 Å². The molecule has 6 heteroatoms. The summed E-state index contributed by atoms with van der Waals surface area (Å²) in [4.78, 5) is 13.7. The first-order valence-corrected chi connectivity index (χ1v) is 6.29. The van der Waals surface area contributed by atoms with Gasteiger partial charge >= 0.3 is 5.76 Å². The van der Waals surface area contributed by atoms with Gasteiger partial charge in [0.2, 0.25) is 0 Å². The Bertz CT molecular complexity index is 823. The molecule has 1 aromatic heterocycles. The van der Waals surface area contributed by atoms with Gasteiger partial charge in [-0.3, -0.25) is 4.98 Å². The van der Waals surface area contributed by atoms with E-state index < -0.39 is 5.76 Å². The third-order valence-electron chi connectivity index (χ3n) is 2.83. The van der Waals surface area contributed by atoms with Gasteiger partial charge in [0.1, 0.15) is 12.4 Å². The highest BCUT2D eigenvalue weighted by Crippen LogP contribution is 2.27. The number of ether oxygens (including phenoxy) is 1. The number of hydrogen-bond donors (Lipinski definition) is 2. The molecule has 0 saturated heterocycles. The maximum atomic E-state index is 11.1. The first kappa shape index (κ1) is 12.6. The van der Waals surface area contributed by atoms with E-state index in [4.69, 9.17) is 26.5 Å². The second-order valence-electron chi connectivity index (χ2n) is 4.32. The number of anilines is 1. The molecular formula is C14H11ClN2O3. The van der Waals surface area contributed by atoms with Crippen molar-refractivity contribution < 1.29 is 9.15 Å². The summed E-state index contributed by atoms with van der Waals surface area (Å²) < 4.78 is 10.6. The summed E-state index contributed by atoms with van der Waals surface area (Å²) in [5, 5.41) is 0.647. The zero-order valence-electron chi connectivity index (χ0n) is 10.4. The van der Waals surface area contributed by atoms with Gasteiger partial charge < -0.3 is 14.9 Å². The second kappa shape index (κ2) is 4.94. The number of nitrogens with one attached hydrogen (secondary N) is 1. The quantitative estimate of drug-likeness (QED) is 0.727. The van der Waals surface area contributed by atoms with E-state index in [1.807, 2.05) is 18.2 Å². The standard InChI is InChI=1S/C14H11ClN2O3/c15-9-3-1-2-8(4-9)7-19-12-6-11-13(5-10(12)16)20-14(18)17-11/h1-6H,7,16H2,(H,17,18). The molecule has 0 saturated carbocycles. The van der Waals surface area contributed by atoms with E-state index in [0.29, 0.717) is 34.2 Å². The molecule has 0 unspecified atom stereocenters. The van der Waals surface area contributed by atoms with Crippen LogP contribution in [-0.2, 0) is 6.61 Å². The minimum absolute atomic E-state index is 0.332. The molecule has 0 aliphatic heterocycles. The van der Waals surface area contributed by atoms with Crippen LogP contribution in [0.3, 0.4) is 0 Å². The van der Waals surface area contributed by atoms with Crippen LogP contribution in [0.1, 0.15) is 5.56 Å². The number of oxazole rings is 1. The van der Waals surface area contributed by atoms with E-state index in [0.717, 1.165) is 5.56 Å². The number of aromatic amines is 1. The lowest BCUT2D eigenvalue weighted by atomic mass is 10.2. The highest BCUT2D eigenvalue weighted by Gasteiger charge is 2.08. The molecule has 5 nitrogen and oxygen atoms in total. The van der Waals surface area contributed by atoms with Crippen molar-refractivity contribution in [3.8, 4) is 5.75 Å². The maximum Gasteiger partial charge on any atom is 0.417 e. The summed E-state index contributed by atoms with van der Waals surface area (Å²) in [7, 11) is 0. The molecule has 0 atom stereocenters. The lowest BCUT2D eigenvalue weighted by Gasteiger charge is -2.09. The van der Waals surface area contributed by atoms with E-state index in [9.17, 15) is 4.79 Å². The van der Waals surface area contributed by atoms with E-state index >= 15 is 0 Å². The summed E-state index contributed by atoms with van der Waals surface area (Å²) in [6.45, 7) is 0.332. The topological polar surface area (TPSA) is 81.2 Å². The summed E-state index contributed by atoms with van der Waals surface area (Å²) in [6.07, 6.45) is 0. The lowest BCUT2D eigenvalue weighted by molar-refractivity contribution is 0.308. The first-order valence-electron chi connectivity index (χ1n) is 5.91. The van der Waals surface area contributed by atoms with Crippen LogP contribution in [-0.4, -0.2) is 4.98 Å². The molecule has 0 aliphatic carbocycles. The van der Waals surface area contributed by atoms with Crippen LogP contribution in [0, 0.1) is 0 Å². The number of nitrogens with two attached hydrogens (primary N) is 1. The van der Waals surface area contributed by atoms with E-state index in [1.54, 1.807) is 18.2 Å². The van der Waals surface area contributed by atoms with Crippen molar-refractivity contribution in [3.63, 3.8) is 0 Å². The van der Waals surface area contributed by atoms with Gasteiger partial charge in [0.15, 0.2) is 5.58 Å². The molecule has 0 bridgehead atoms. The monoisotopic (exact) mass is 290 g/mol. The zero-order valence-corrected chi connectivity index (χ0v) is 11.1. The summed E-state index contributed by atoms with van der Waals surface area (Å²) >= 11 is 5.91. The van der Waals surface area contributed by atoms with Crippen LogP contribution < -0.4 is 16.2 Å². The average molecular weight is 291 g/mol. The Kier molecular flexibility index (Phi) is 3.12. The fraction of sp³-hybridized carbons (Fsp3) is 0.0714. The molecule has 3 N–H and O–H groups in total. The highest BCUT2D eigenvalue weighted by atomic mass is 35.5. The number of halogens is 1. The summed E-state index contributed by atoms with van der Waals surface area (Å²) in [5.74, 6) is -0.0408. The lowest BCUT2D eigenvalue weighted by Crippen LogP contribution is -1.99. The Morgan fingerprint density at radius 2 is 2.15 bits per heavy atom. The van der Waals surface area contributed by atoms with Gasteiger partial charge in [0.25, 0.3) is 0 Å². The molecule has 0 radical (unpaired) electrons. The normalized spacial score (nSPS) is 10.8. The molecule has 1 heterocycles. The SMILES string of the molecule is Nc1cc2oc(=O)[nH]c2cc1OCc1cccc(Cl)c1. The first-order chi connectivity index (χ1) is 9.61. The van der Waals surface area contributed by atoms with Crippen molar-refractivity contribution in [1.29, 1.82) is 0 Å². The molecule has 20 heavy (non-hydrogen) atoms. The smallest absolute Gasteiger partial charge is 0.417 e. The predicted octanol–water partition coefficient (Wildman–Crippen LogP) is 2.94. The molecule has 0 spiro atoms. The van der Waals surface area contributed by atoms with Crippen molar-refractivity contribution in [2.75, 3.05) is 5.73 Å². The Balaban J connectivity index is 1.86. The highest BCUT2D eigenvalue weighted by molar-refractivity contribution is 6.30. The third kappa shape index (κ3) is 2.48. The zero-order chi connectivity index (χ0) is 14.1. The number of fused-ring (bicyclic) bond motifs is 1. The average Bonchev–Trinajstić information content (AvgIpc) is 2.75. The predicted molar refractivity (Wildman–Crippen MR) is 77.0 cm³/mol. The van der Waals surface area contributed by atoms with Gasteiger partial charge in [-0.2, -0.15) is 0 Å². The molecule has 3 aromatic rings. The number of nitrogen functional groups attached to an aromatic ring is 1. The minimum atomic E-state index is -0.522. The number of aromatic nitrogens is 1. The van der Waals surface area contributed by atoms with Gasteiger partial charge in [0, 0.05) is 17.2 Å². The van der Waals surface area contributed by atoms with Crippen molar-refractivity contribution >= 4 is 28.4 Å². The van der Waals surface area contributed by atoms with Crippen LogP contribution in [0.4, 0.5) is 5.69 Å². The van der Waals surface area contributed by atoms with E-state index in [2.05, 4.69) is 4.98 Å². The number of hydrogen-bond acceptors (Lipinski definition) is 4. The van der Waals surface area contributed by atoms with Crippen molar-refractivity contribution in [3.05, 3.63) is 57.5 Å². The minimum Gasteiger partial charge on any atom is -0.487 e. The Labute approximate surface area is 118 Å². The Morgan fingerprint density at radius 1 is 1.30 bits per heavy atom. The van der Waals surface area contributed by atoms with Crippen molar-refractivity contribution in [1.82, 2.24) is 4.98 Å². The molecule has 102 valence electrons. The largest absolute Gasteiger partial charge is 0.487 e. The van der Waals surface area contributed by atoms with Gasteiger partial charge in [0.05, 0.1) is 11.2 Å². The van der Waals surface area contributed by atoms with Crippen LogP contribution in [0.25, 0.3) is 11.1 Å². The number of H-pyrrole nitrogens is 1. The number of benzene rings is 2. The molecule has 0 aliphatic rings. The molecule has 2 aromatic carbocycles. The van der Waals surface area contributed by atoms with E-state index in [1.165, 1.54) is 0 Å². The summed E-state index contributed by atoms with van der Waals surface area (Å²) in [5.41, 5.74) is 8.15. The Morgan fingerprint density at radius 3 is 2.95 bits per heavy atom. The second-order valence-corrected chi connectivity index (χ2v) is 4.76. The van der Waals surface area contributed by atoms with Crippen molar-refractivity contribution in [2.45, 2.75) is 6.61 Å². The van der Waals surface area contributed by atoms with Crippen LogP contribution >= 0.6 is 11.6 Å². The summed E-state index contributed by atoms with van der Waals surface area (Å²) in [6, 6.07) is 10.6. The van der Waals surface area contributed by atoms with Gasteiger partial charge in [-0.1, -0.05) is 23.7 Å². The van der Waals surface area contributed by atoms with Gasteiger partial charge in [-0.05, 0) is 17.7 Å². The Hall–Kier alpha value is -2.40. The third-order valence-corrected chi connectivity index (χ3v) is 3.07. The molecule has 0 amide bonds. The van der Waals surface area contributed by atoms with Gasteiger partial charge in [-0.25, -0.2) is 4.79 Å². The number of rotatable bonds is 3. The van der Waals surface area contributed by atoms with Crippen LogP contribution in [0.5, 0.6) is 5.75 Å². The van der Waals surface area contributed by atoms with Crippen LogP contribution in [0.15, 0.2) is 45.6 Å². The van der Waals surface area contributed by atoms with Crippen molar-refractivity contribution in [2.24, 2.45) is 0 Å². The fourth-order valence-corrected chi connectivity index (χ4v) is 2.12. The fourth-order valence-electron chi connectivity index (χ4n) is 1.91. The molecule has 3 rings (SSSR count). The van der Waals surface area contributed by atoms with E-state index in [-0.39, 0.29) is 0 Å². The van der Waals surface area contributed by atoms with Gasteiger partial charge in [-0.15, -0.1) is 0 Å². The maximum absolute atomic E-state index is 11.1. The molecule has 0 fully saturated rings. The molecular weight excluding hydrogens is 280 g/mol.